The average molecular weight is 266 g/mol. The second-order valence-electron chi connectivity index (χ2n) is 6.34. The van der Waals surface area contributed by atoms with Gasteiger partial charge in [0.2, 0.25) is 0 Å². The van der Waals surface area contributed by atoms with E-state index in [4.69, 9.17) is 0 Å². The fraction of sp³-hybridized carbons (Fsp3) is 0.400. The van der Waals surface area contributed by atoms with Crippen molar-refractivity contribution in [2.75, 3.05) is 0 Å². The Morgan fingerprint density at radius 3 is 2.10 bits per heavy atom. The van der Waals surface area contributed by atoms with E-state index >= 15 is 0 Å². The Balaban J connectivity index is 2.04. The lowest BCUT2D eigenvalue weighted by Gasteiger charge is -2.15. The quantitative estimate of drug-likeness (QED) is 0.666. The van der Waals surface area contributed by atoms with Crippen LogP contribution in [0.3, 0.4) is 0 Å². The van der Waals surface area contributed by atoms with Crippen molar-refractivity contribution in [3.8, 4) is 0 Å². The summed E-state index contributed by atoms with van der Waals surface area (Å²) in [6.45, 7) is 9.12. The monoisotopic (exact) mass is 266 g/mol. The maximum Gasteiger partial charge on any atom is -0.0216 e. The third-order valence-corrected chi connectivity index (χ3v) is 3.98. The highest BCUT2D eigenvalue weighted by atomic mass is 14.1. The van der Waals surface area contributed by atoms with E-state index in [-0.39, 0.29) is 0 Å². The molecule has 2 aromatic rings. The second kappa shape index (κ2) is 6.74. The Labute approximate surface area is 123 Å². The van der Waals surface area contributed by atoms with E-state index in [2.05, 4.69) is 76.2 Å². The van der Waals surface area contributed by atoms with Gasteiger partial charge in [-0.2, -0.15) is 0 Å². The molecule has 2 aromatic carbocycles. The van der Waals surface area contributed by atoms with Gasteiger partial charge in [0, 0.05) is 0 Å². The summed E-state index contributed by atoms with van der Waals surface area (Å²) in [6, 6.07) is 17.8. The minimum Gasteiger partial charge on any atom is -0.0622 e. The van der Waals surface area contributed by atoms with Crippen molar-refractivity contribution < 1.29 is 0 Å². The molecule has 0 amide bonds. The lowest BCUT2D eigenvalue weighted by molar-refractivity contribution is 0.576. The molecule has 0 bridgehead atoms. The van der Waals surface area contributed by atoms with Gasteiger partial charge in [0.1, 0.15) is 0 Å². The normalized spacial score (nSPS) is 12.7. The summed E-state index contributed by atoms with van der Waals surface area (Å²) in [5.74, 6) is 1.29. The fourth-order valence-electron chi connectivity index (χ4n) is 2.93. The summed E-state index contributed by atoms with van der Waals surface area (Å²) in [5, 5.41) is 0. The van der Waals surface area contributed by atoms with Crippen LogP contribution in [0.5, 0.6) is 0 Å². The van der Waals surface area contributed by atoms with Gasteiger partial charge >= 0.3 is 0 Å². The van der Waals surface area contributed by atoms with E-state index < -0.39 is 0 Å². The summed E-state index contributed by atoms with van der Waals surface area (Å²) >= 11 is 0. The number of aryl methyl sites for hydroxylation is 1. The highest BCUT2D eigenvalue weighted by Gasteiger charge is 2.08. The molecule has 0 aromatic heterocycles. The van der Waals surface area contributed by atoms with Crippen LogP contribution in [0.4, 0.5) is 0 Å². The molecule has 0 aliphatic rings. The molecule has 20 heavy (non-hydrogen) atoms. The number of benzene rings is 2. The SMILES string of the molecule is Cc1ccc(CC(C)Cc2ccccc2)cc1C(C)C. The smallest absolute Gasteiger partial charge is 0.0216 e. The van der Waals surface area contributed by atoms with Gasteiger partial charge in [-0.05, 0) is 53.9 Å². The summed E-state index contributed by atoms with van der Waals surface area (Å²) in [7, 11) is 0. The van der Waals surface area contributed by atoms with E-state index in [1.165, 1.54) is 22.3 Å². The Bertz CT molecular complexity index is 537. The third kappa shape index (κ3) is 3.96. The van der Waals surface area contributed by atoms with Crippen LogP contribution >= 0.6 is 0 Å². The molecule has 1 atom stereocenters. The second-order valence-corrected chi connectivity index (χ2v) is 6.34. The maximum atomic E-state index is 2.40. The van der Waals surface area contributed by atoms with Crippen LogP contribution in [-0.4, -0.2) is 0 Å². The minimum atomic E-state index is 0.611. The van der Waals surface area contributed by atoms with Crippen LogP contribution in [0.25, 0.3) is 0 Å². The average Bonchev–Trinajstić information content (AvgIpc) is 2.41. The maximum absolute atomic E-state index is 2.40. The molecule has 0 aliphatic heterocycles. The molecule has 1 unspecified atom stereocenters. The molecule has 0 nitrogen and oxygen atoms in total. The summed E-state index contributed by atoms with van der Waals surface area (Å²) < 4.78 is 0. The van der Waals surface area contributed by atoms with E-state index in [1.54, 1.807) is 0 Å². The van der Waals surface area contributed by atoms with Gasteiger partial charge < -0.3 is 0 Å². The zero-order valence-corrected chi connectivity index (χ0v) is 13.2. The zero-order chi connectivity index (χ0) is 14.5. The highest BCUT2D eigenvalue weighted by Crippen LogP contribution is 2.22. The molecule has 0 saturated carbocycles. The molecule has 0 radical (unpaired) electrons. The first-order valence-corrected chi connectivity index (χ1v) is 7.69. The number of hydrogen-bond donors (Lipinski definition) is 0. The van der Waals surface area contributed by atoms with Crippen molar-refractivity contribution in [3.05, 3.63) is 70.8 Å². The standard InChI is InChI=1S/C20H26/c1-15(2)20-14-19(11-10-17(20)4)13-16(3)12-18-8-6-5-7-9-18/h5-11,14-16H,12-13H2,1-4H3. The van der Waals surface area contributed by atoms with Crippen molar-refractivity contribution in [1.82, 2.24) is 0 Å². The molecule has 0 heterocycles. The van der Waals surface area contributed by atoms with Crippen LogP contribution < -0.4 is 0 Å². The van der Waals surface area contributed by atoms with Crippen LogP contribution in [0, 0.1) is 12.8 Å². The van der Waals surface area contributed by atoms with Gasteiger partial charge in [-0.25, -0.2) is 0 Å². The summed E-state index contributed by atoms with van der Waals surface area (Å²) in [5.41, 5.74) is 5.83. The number of rotatable bonds is 5. The topological polar surface area (TPSA) is 0 Å². The third-order valence-electron chi connectivity index (χ3n) is 3.98. The van der Waals surface area contributed by atoms with Gasteiger partial charge in [-0.3, -0.25) is 0 Å². The number of hydrogen-bond acceptors (Lipinski definition) is 0. The molecule has 0 spiro atoms. The van der Waals surface area contributed by atoms with Gasteiger partial charge in [0.15, 0.2) is 0 Å². The first-order chi connectivity index (χ1) is 9.56. The molecule has 0 fully saturated rings. The van der Waals surface area contributed by atoms with Crippen LogP contribution in [0.15, 0.2) is 48.5 Å². The molecule has 0 heteroatoms. The van der Waals surface area contributed by atoms with Crippen LogP contribution in [-0.2, 0) is 12.8 Å². The predicted molar refractivity (Wildman–Crippen MR) is 88.3 cm³/mol. The Kier molecular flexibility index (Phi) is 5.00. The molecule has 106 valence electrons. The van der Waals surface area contributed by atoms with Crippen LogP contribution in [0.1, 0.15) is 48.9 Å². The largest absolute Gasteiger partial charge is 0.0622 e. The van der Waals surface area contributed by atoms with Gasteiger partial charge in [-0.15, -0.1) is 0 Å². The van der Waals surface area contributed by atoms with Crippen molar-refractivity contribution in [2.24, 2.45) is 5.92 Å². The first kappa shape index (κ1) is 14.8. The zero-order valence-electron chi connectivity index (χ0n) is 13.2. The fourth-order valence-corrected chi connectivity index (χ4v) is 2.93. The Hall–Kier alpha value is -1.56. The molecular weight excluding hydrogens is 240 g/mol. The summed E-state index contributed by atoms with van der Waals surface area (Å²) in [6.07, 6.45) is 2.32. The molecule has 0 aliphatic carbocycles. The minimum absolute atomic E-state index is 0.611. The van der Waals surface area contributed by atoms with Crippen LogP contribution in [0.2, 0.25) is 0 Å². The lowest BCUT2D eigenvalue weighted by Crippen LogP contribution is -2.05. The van der Waals surface area contributed by atoms with E-state index in [1.807, 2.05) is 0 Å². The lowest BCUT2D eigenvalue weighted by atomic mass is 9.90. The van der Waals surface area contributed by atoms with Crippen molar-refractivity contribution >= 4 is 0 Å². The molecular formula is C20H26. The predicted octanol–water partition coefficient (Wildman–Crippen LogP) is 5.54. The Morgan fingerprint density at radius 1 is 0.800 bits per heavy atom. The van der Waals surface area contributed by atoms with Crippen molar-refractivity contribution in [3.63, 3.8) is 0 Å². The first-order valence-electron chi connectivity index (χ1n) is 7.69. The molecule has 2 rings (SSSR count). The van der Waals surface area contributed by atoms with Crippen molar-refractivity contribution in [1.29, 1.82) is 0 Å². The van der Waals surface area contributed by atoms with E-state index in [0.717, 1.165) is 12.8 Å². The van der Waals surface area contributed by atoms with Gasteiger partial charge in [0.25, 0.3) is 0 Å². The molecule has 0 saturated heterocycles. The van der Waals surface area contributed by atoms with E-state index in [9.17, 15) is 0 Å². The molecule has 0 N–H and O–H groups in total. The van der Waals surface area contributed by atoms with E-state index in [0.29, 0.717) is 11.8 Å². The highest BCUT2D eigenvalue weighted by molar-refractivity contribution is 5.33. The van der Waals surface area contributed by atoms with Crippen molar-refractivity contribution in [2.45, 2.75) is 46.5 Å². The Morgan fingerprint density at radius 2 is 1.45 bits per heavy atom. The summed E-state index contributed by atoms with van der Waals surface area (Å²) in [4.78, 5) is 0. The van der Waals surface area contributed by atoms with Gasteiger partial charge in [-0.1, -0.05) is 69.3 Å². The van der Waals surface area contributed by atoms with Gasteiger partial charge in [0.05, 0.1) is 0 Å².